The SMILES string of the molecule is CNC1CCCC[C@H]1OC(=O)Nc1cc2cc(-c3cnc4c(c3C)NCCO4)c(F)c(N)c2cn1. The Hall–Kier alpha value is -3.66. The van der Waals surface area contributed by atoms with Gasteiger partial charge in [0.2, 0.25) is 5.88 Å². The standard InChI is InChI=1S/C25H29FN6O3/c1-13-16(11-31-24-23(13)29-7-8-34-24)15-9-14-10-20(30-12-17(14)22(27)21(15)26)32-25(33)35-19-6-4-3-5-18(19)28-2/h9-12,18-19,28-29H,3-8,27H2,1-2H3,(H,30,32,33)/t18?,19-/m1/s1. The molecule has 5 rings (SSSR count). The largest absolute Gasteiger partial charge is 0.474 e. The number of ether oxygens (including phenoxy) is 2. The number of nitrogens with two attached hydrogens (primary N) is 1. The van der Waals surface area contributed by atoms with E-state index in [9.17, 15) is 4.79 Å². The maximum atomic E-state index is 15.3. The van der Waals surface area contributed by atoms with Crippen LogP contribution in [0.4, 0.5) is 26.4 Å². The highest BCUT2D eigenvalue weighted by Gasteiger charge is 2.27. The molecule has 1 aliphatic heterocycles. The number of likely N-dealkylation sites (N-methyl/N-ethyl adjacent to an activating group) is 1. The summed E-state index contributed by atoms with van der Waals surface area (Å²) in [5, 5.41) is 10.3. The molecule has 5 N–H and O–H groups in total. The van der Waals surface area contributed by atoms with E-state index in [0.717, 1.165) is 36.9 Å². The van der Waals surface area contributed by atoms with E-state index in [2.05, 4.69) is 25.9 Å². The molecule has 0 spiro atoms. The Bertz CT molecular complexity index is 1280. The van der Waals surface area contributed by atoms with E-state index in [4.69, 9.17) is 15.2 Å². The molecule has 2 atom stereocenters. The number of halogens is 1. The van der Waals surface area contributed by atoms with E-state index in [0.29, 0.717) is 46.7 Å². The first kappa shape index (κ1) is 23.1. The molecule has 2 aliphatic rings. The van der Waals surface area contributed by atoms with Crippen molar-refractivity contribution in [2.24, 2.45) is 0 Å². The highest BCUT2D eigenvalue weighted by molar-refractivity contribution is 5.99. The highest BCUT2D eigenvalue weighted by Crippen LogP contribution is 2.39. The predicted molar refractivity (Wildman–Crippen MR) is 133 cm³/mol. The second kappa shape index (κ2) is 9.53. The minimum absolute atomic E-state index is 0.0143. The Morgan fingerprint density at radius 3 is 2.89 bits per heavy atom. The van der Waals surface area contributed by atoms with Gasteiger partial charge < -0.3 is 25.8 Å². The average molecular weight is 481 g/mol. The van der Waals surface area contributed by atoms with Crippen LogP contribution in [0.3, 0.4) is 0 Å². The monoisotopic (exact) mass is 480 g/mol. The Labute approximate surface area is 202 Å². The number of carbonyl (C=O) groups excluding carboxylic acids is 1. The van der Waals surface area contributed by atoms with Crippen molar-refractivity contribution in [1.82, 2.24) is 15.3 Å². The van der Waals surface area contributed by atoms with Crippen molar-refractivity contribution in [1.29, 1.82) is 0 Å². The van der Waals surface area contributed by atoms with Gasteiger partial charge in [0.25, 0.3) is 0 Å². The molecule has 0 radical (unpaired) electrons. The smallest absolute Gasteiger partial charge is 0.413 e. The lowest BCUT2D eigenvalue weighted by molar-refractivity contribution is 0.0640. The zero-order chi connectivity index (χ0) is 24.5. The molecule has 1 unspecified atom stereocenters. The number of nitrogens with zero attached hydrogens (tertiary/aromatic N) is 2. The second-order valence-electron chi connectivity index (χ2n) is 8.94. The van der Waals surface area contributed by atoms with Gasteiger partial charge in [-0.3, -0.25) is 5.32 Å². The number of nitrogens with one attached hydrogen (secondary N) is 3. The quantitative estimate of drug-likeness (QED) is 0.410. The van der Waals surface area contributed by atoms with Crippen molar-refractivity contribution >= 4 is 34.1 Å². The molecule has 0 saturated heterocycles. The molecule has 184 valence electrons. The number of amides is 1. The lowest BCUT2D eigenvalue weighted by Gasteiger charge is -2.30. The number of rotatable bonds is 4. The van der Waals surface area contributed by atoms with E-state index in [1.165, 1.54) is 6.20 Å². The Balaban J connectivity index is 1.44. The molecule has 1 aromatic carbocycles. The van der Waals surface area contributed by atoms with Crippen molar-refractivity contribution < 1.29 is 18.7 Å². The number of benzene rings is 1. The van der Waals surface area contributed by atoms with Crippen LogP contribution in [0.25, 0.3) is 21.9 Å². The van der Waals surface area contributed by atoms with E-state index in [1.54, 1.807) is 18.3 Å². The van der Waals surface area contributed by atoms with Crippen LogP contribution in [-0.4, -0.2) is 48.4 Å². The van der Waals surface area contributed by atoms with Gasteiger partial charge in [0.15, 0.2) is 5.82 Å². The molecule has 9 nitrogen and oxygen atoms in total. The normalized spacial score (nSPS) is 19.4. The van der Waals surface area contributed by atoms with Crippen LogP contribution in [-0.2, 0) is 4.74 Å². The van der Waals surface area contributed by atoms with Gasteiger partial charge in [0.1, 0.15) is 24.2 Å². The summed E-state index contributed by atoms with van der Waals surface area (Å²) >= 11 is 0. The number of carbonyl (C=O) groups is 1. The summed E-state index contributed by atoms with van der Waals surface area (Å²) in [7, 11) is 1.87. The minimum atomic E-state index is -0.569. The maximum Gasteiger partial charge on any atom is 0.413 e. The molecule has 2 aromatic heterocycles. The third-order valence-electron chi connectivity index (χ3n) is 6.80. The van der Waals surface area contributed by atoms with Crippen molar-refractivity contribution in [3.05, 3.63) is 35.9 Å². The van der Waals surface area contributed by atoms with E-state index < -0.39 is 11.9 Å². The zero-order valence-corrected chi connectivity index (χ0v) is 19.8. The summed E-state index contributed by atoms with van der Waals surface area (Å²) in [6.45, 7) is 3.06. The van der Waals surface area contributed by atoms with E-state index >= 15 is 4.39 Å². The lowest BCUT2D eigenvalue weighted by atomic mass is 9.92. The van der Waals surface area contributed by atoms with Crippen molar-refractivity contribution in [2.45, 2.75) is 44.8 Å². The Morgan fingerprint density at radius 2 is 2.06 bits per heavy atom. The number of anilines is 3. The highest BCUT2D eigenvalue weighted by atomic mass is 19.1. The number of hydrogen-bond acceptors (Lipinski definition) is 8. The summed E-state index contributed by atoms with van der Waals surface area (Å²) in [6.07, 6.45) is 6.20. The van der Waals surface area contributed by atoms with Crippen LogP contribution in [0.2, 0.25) is 0 Å². The molecule has 0 bridgehead atoms. The summed E-state index contributed by atoms with van der Waals surface area (Å²) in [4.78, 5) is 21.2. The number of aromatic nitrogens is 2. The summed E-state index contributed by atoms with van der Waals surface area (Å²) in [5.74, 6) is 0.252. The van der Waals surface area contributed by atoms with Gasteiger partial charge >= 0.3 is 6.09 Å². The van der Waals surface area contributed by atoms with Gasteiger partial charge in [-0.15, -0.1) is 0 Å². The van der Waals surface area contributed by atoms with E-state index in [1.807, 2.05) is 14.0 Å². The summed E-state index contributed by atoms with van der Waals surface area (Å²) in [6, 6.07) is 3.49. The van der Waals surface area contributed by atoms with Gasteiger partial charge in [0.05, 0.1) is 5.69 Å². The third-order valence-corrected chi connectivity index (χ3v) is 6.80. The van der Waals surface area contributed by atoms with Crippen molar-refractivity contribution in [3.63, 3.8) is 0 Å². The number of hydrogen-bond donors (Lipinski definition) is 4. The van der Waals surface area contributed by atoms with Crippen LogP contribution in [0, 0.1) is 12.7 Å². The molecule has 3 heterocycles. The first-order chi connectivity index (χ1) is 17.0. The Morgan fingerprint density at radius 1 is 1.23 bits per heavy atom. The van der Waals surface area contributed by atoms with Crippen molar-refractivity contribution in [3.8, 4) is 17.0 Å². The summed E-state index contributed by atoms with van der Waals surface area (Å²) < 4.78 is 26.6. The lowest BCUT2D eigenvalue weighted by Crippen LogP contribution is -2.43. The maximum absolute atomic E-state index is 15.3. The van der Waals surface area contributed by atoms with Gasteiger partial charge in [0, 0.05) is 41.5 Å². The number of fused-ring (bicyclic) bond motifs is 2. The fourth-order valence-electron chi connectivity index (χ4n) is 4.89. The average Bonchev–Trinajstić information content (AvgIpc) is 2.87. The summed E-state index contributed by atoms with van der Waals surface area (Å²) in [5.41, 5.74) is 8.62. The molecule has 3 aromatic rings. The number of pyridine rings is 2. The first-order valence-corrected chi connectivity index (χ1v) is 11.9. The van der Waals surface area contributed by atoms with Crippen LogP contribution in [0.15, 0.2) is 24.5 Å². The first-order valence-electron chi connectivity index (χ1n) is 11.9. The van der Waals surface area contributed by atoms with Gasteiger partial charge in [-0.1, -0.05) is 6.42 Å². The van der Waals surface area contributed by atoms with Gasteiger partial charge in [-0.05, 0) is 56.3 Å². The molecule has 1 saturated carbocycles. The van der Waals surface area contributed by atoms with Crippen LogP contribution < -0.4 is 26.4 Å². The fraction of sp³-hybridized carbons (Fsp3) is 0.400. The minimum Gasteiger partial charge on any atom is -0.474 e. The number of nitrogen functional groups attached to an aromatic ring is 1. The topological polar surface area (TPSA) is 123 Å². The molecular formula is C25H29FN6O3. The molecule has 1 aliphatic carbocycles. The van der Waals surface area contributed by atoms with Crippen LogP contribution in [0.5, 0.6) is 5.88 Å². The predicted octanol–water partition coefficient (Wildman–Crippen LogP) is 4.21. The molecule has 35 heavy (non-hydrogen) atoms. The van der Waals surface area contributed by atoms with Gasteiger partial charge in [-0.25, -0.2) is 19.2 Å². The van der Waals surface area contributed by atoms with E-state index in [-0.39, 0.29) is 17.8 Å². The Kier molecular flexibility index (Phi) is 6.29. The van der Waals surface area contributed by atoms with Crippen LogP contribution >= 0.6 is 0 Å². The molecule has 1 amide bonds. The molecule has 10 heteroatoms. The zero-order valence-electron chi connectivity index (χ0n) is 19.8. The molecule has 1 fully saturated rings. The third kappa shape index (κ3) is 4.41. The van der Waals surface area contributed by atoms with Crippen LogP contribution in [0.1, 0.15) is 31.2 Å². The fourth-order valence-corrected chi connectivity index (χ4v) is 4.89. The van der Waals surface area contributed by atoms with Crippen molar-refractivity contribution in [2.75, 3.05) is 36.6 Å². The van der Waals surface area contributed by atoms with Gasteiger partial charge in [-0.2, -0.15) is 0 Å². The second-order valence-corrected chi connectivity index (χ2v) is 8.94. The molecular weight excluding hydrogens is 451 g/mol.